The highest BCUT2D eigenvalue weighted by molar-refractivity contribution is 5.98. The van der Waals surface area contributed by atoms with Crippen LogP contribution in [0.25, 0.3) is 0 Å². The number of methoxy groups -OCH3 is 1. The maximum atomic E-state index is 13.9. The predicted octanol–water partition coefficient (Wildman–Crippen LogP) is 4.44. The van der Waals surface area contributed by atoms with Crippen LogP contribution >= 0.6 is 0 Å². The van der Waals surface area contributed by atoms with Gasteiger partial charge in [-0.2, -0.15) is 18.2 Å². The molecule has 0 unspecified atom stereocenters. The van der Waals surface area contributed by atoms with Gasteiger partial charge >= 0.3 is 6.18 Å². The molecule has 1 aliphatic rings. The monoisotopic (exact) mass is 572 g/mol. The Morgan fingerprint density at radius 2 is 1.85 bits per heavy atom. The van der Waals surface area contributed by atoms with Crippen LogP contribution in [0.3, 0.4) is 0 Å². The van der Waals surface area contributed by atoms with E-state index < -0.39 is 23.5 Å². The van der Waals surface area contributed by atoms with Crippen LogP contribution in [0, 0.1) is 0 Å². The maximum Gasteiger partial charge on any atom is 0.423 e. The van der Waals surface area contributed by atoms with E-state index in [1.165, 1.54) is 26.3 Å². The Morgan fingerprint density at radius 3 is 2.51 bits per heavy atom. The fraction of sp³-hybridized carbons (Fsp3) is 0.357. The van der Waals surface area contributed by atoms with Crippen LogP contribution in [-0.2, 0) is 12.6 Å². The number of nitrogens with one attached hydrogen (secondary N) is 4. The van der Waals surface area contributed by atoms with E-state index in [9.17, 15) is 22.8 Å². The lowest BCUT2D eigenvalue weighted by Gasteiger charge is -2.23. The summed E-state index contributed by atoms with van der Waals surface area (Å²) in [7, 11) is 2.82. The molecular formula is C28H31F3N6O4. The van der Waals surface area contributed by atoms with E-state index in [1.807, 2.05) is 6.92 Å². The van der Waals surface area contributed by atoms with E-state index in [1.54, 1.807) is 24.3 Å². The molecule has 10 nitrogen and oxygen atoms in total. The number of benzene rings is 2. The molecule has 2 aromatic carbocycles. The minimum absolute atomic E-state index is 0.0634. The van der Waals surface area contributed by atoms with Crippen LogP contribution in [0.2, 0.25) is 0 Å². The maximum absolute atomic E-state index is 13.9. The minimum Gasteiger partial charge on any atom is -0.495 e. The van der Waals surface area contributed by atoms with E-state index in [0.717, 1.165) is 25.9 Å². The normalized spacial score (nSPS) is 13.8. The molecule has 1 saturated heterocycles. The molecule has 2 heterocycles. The van der Waals surface area contributed by atoms with Gasteiger partial charge < -0.3 is 30.7 Å². The molecule has 0 spiro atoms. The largest absolute Gasteiger partial charge is 0.495 e. The SMILES string of the molecule is CCc1cccc(Oc2nc(Nc3ccc(C(=O)NC4CCNCC4)cc3OC)ncc2C(F)(F)F)c1C(=O)NC. The number of rotatable bonds is 9. The Bertz CT molecular complexity index is 1410. The zero-order valence-corrected chi connectivity index (χ0v) is 22.8. The molecule has 218 valence electrons. The zero-order chi connectivity index (χ0) is 29.6. The molecule has 0 radical (unpaired) electrons. The lowest BCUT2D eigenvalue weighted by molar-refractivity contribution is -0.139. The van der Waals surface area contributed by atoms with Gasteiger partial charge in [-0.05, 0) is 62.2 Å². The first-order chi connectivity index (χ1) is 19.6. The molecule has 41 heavy (non-hydrogen) atoms. The third-order valence-corrected chi connectivity index (χ3v) is 6.60. The Morgan fingerprint density at radius 1 is 1.10 bits per heavy atom. The van der Waals surface area contributed by atoms with Crippen molar-refractivity contribution < 1.29 is 32.2 Å². The number of hydrogen-bond acceptors (Lipinski definition) is 8. The number of nitrogens with zero attached hydrogens (tertiary/aromatic N) is 2. The van der Waals surface area contributed by atoms with Gasteiger partial charge in [-0.15, -0.1) is 0 Å². The molecule has 0 atom stereocenters. The fourth-order valence-corrected chi connectivity index (χ4v) is 4.43. The van der Waals surface area contributed by atoms with Crippen molar-refractivity contribution in [2.75, 3.05) is 32.6 Å². The first-order valence-electron chi connectivity index (χ1n) is 13.1. The van der Waals surface area contributed by atoms with E-state index in [-0.39, 0.29) is 35.0 Å². The second kappa shape index (κ2) is 12.9. The molecule has 1 fully saturated rings. The summed E-state index contributed by atoms with van der Waals surface area (Å²) in [6.07, 6.45) is -2.13. The van der Waals surface area contributed by atoms with Crippen LogP contribution < -0.4 is 30.7 Å². The Balaban J connectivity index is 1.63. The van der Waals surface area contributed by atoms with Crippen LogP contribution in [0.15, 0.2) is 42.6 Å². The number of piperidine rings is 1. The van der Waals surface area contributed by atoms with E-state index in [4.69, 9.17) is 9.47 Å². The molecule has 0 bridgehead atoms. The molecule has 4 rings (SSSR count). The molecule has 1 aromatic heterocycles. The average Bonchev–Trinajstić information content (AvgIpc) is 2.96. The third kappa shape index (κ3) is 7.04. The van der Waals surface area contributed by atoms with Gasteiger partial charge in [0, 0.05) is 24.8 Å². The Kier molecular flexibility index (Phi) is 9.28. The molecule has 2 amide bonds. The number of carbonyl (C=O) groups excluding carboxylic acids is 2. The van der Waals surface area contributed by atoms with Gasteiger partial charge in [0.1, 0.15) is 17.1 Å². The summed E-state index contributed by atoms with van der Waals surface area (Å²) in [5, 5.41) is 11.6. The van der Waals surface area contributed by atoms with Gasteiger partial charge in [-0.3, -0.25) is 9.59 Å². The summed E-state index contributed by atoms with van der Waals surface area (Å²) < 4.78 is 52.6. The second-order valence-electron chi connectivity index (χ2n) is 9.27. The van der Waals surface area contributed by atoms with Crippen molar-refractivity contribution in [3.63, 3.8) is 0 Å². The highest BCUT2D eigenvalue weighted by atomic mass is 19.4. The molecule has 13 heteroatoms. The number of hydrogen-bond donors (Lipinski definition) is 4. The number of amides is 2. The summed E-state index contributed by atoms with van der Waals surface area (Å²) in [6.45, 7) is 3.47. The first kappa shape index (κ1) is 29.6. The van der Waals surface area contributed by atoms with E-state index >= 15 is 0 Å². The first-order valence-corrected chi connectivity index (χ1v) is 13.1. The van der Waals surface area contributed by atoms with Crippen LogP contribution in [0.1, 0.15) is 51.6 Å². The molecule has 3 aromatic rings. The number of anilines is 2. The molecule has 0 saturated carbocycles. The number of aromatic nitrogens is 2. The summed E-state index contributed by atoms with van der Waals surface area (Å²) in [5.74, 6) is -1.60. The molecule has 4 N–H and O–H groups in total. The average molecular weight is 573 g/mol. The van der Waals surface area contributed by atoms with Crippen molar-refractivity contribution in [2.24, 2.45) is 0 Å². The standard InChI is InChI=1S/C28H31F3N6O4/c1-4-16-6-5-7-21(23(16)25(39)32-2)41-26-19(28(29,30)31)15-34-27(37-26)36-20-9-8-17(14-22(20)40-3)24(38)35-18-10-12-33-13-11-18/h5-9,14-15,18,33H,4,10-13H2,1-3H3,(H,32,39)(H,35,38)(H,34,36,37). The van der Waals surface area contributed by atoms with Crippen molar-refractivity contribution in [1.29, 1.82) is 0 Å². The molecule has 0 aliphatic carbocycles. The second-order valence-corrected chi connectivity index (χ2v) is 9.27. The highest BCUT2D eigenvalue weighted by Gasteiger charge is 2.37. The van der Waals surface area contributed by atoms with Crippen LogP contribution in [-0.4, -0.2) is 55.1 Å². The topological polar surface area (TPSA) is 126 Å². The van der Waals surface area contributed by atoms with Crippen molar-refractivity contribution in [3.8, 4) is 17.4 Å². The zero-order valence-electron chi connectivity index (χ0n) is 22.8. The number of halogens is 3. The Hall–Kier alpha value is -4.39. The van der Waals surface area contributed by atoms with Crippen molar-refractivity contribution in [3.05, 3.63) is 64.8 Å². The molecular weight excluding hydrogens is 541 g/mol. The summed E-state index contributed by atoms with van der Waals surface area (Å²) >= 11 is 0. The van der Waals surface area contributed by atoms with E-state index in [0.29, 0.717) is 29.4 Å². The van der Waals surface area contributed by atoms with Gasteiger partial charge in [0.2, 0.25) is 11.8 Å². The van der Waals surface area contributed by atoms with E-state index in [2.05, 4.69) is 31.2 Å². The smallest absolute Gasteiger partial charge is 0.423 e. The summed E-state index contributed by atoms with van der Waals surface area (Å²) in [6, 6.07) is 9.37. The number of carbonyl (C=O) groups is 2. The van der Waals surface area contributed by atoms with Gasteiger partial charge in [0.15, 0.2) is 0 Å². The fourth-order valence-electron chi connectivity index (χ4n) is 4.43. The number of aryl methyl sites for hydroxylation is 1. The van der Waals surface area contributed by atoms with Gasteiger partial charge in [0.25, 0.3) is 11.8 Å². The number of ether oxygens (including phenoxy) is 2. The van der Waals surface area contributed by atoms with Crippen molar-refractivity contribution >= 4 is 23.5 Å². The highest BCUT2D eigenvalue weighted by Crippen LogP contribution is 2.39. The Labute approximate surface area is 235 Å². The van der Waals surface area contributed by atoms with Crippen LogP contribution in [0.4, 0.5) is 24.8 Å². The third-order valence-electron chi connectivity index (χ3n) is 6.60. The quantitative estimate of drug-likeness (QED) is 0.297. The lowest BCUT2D eigenvalue weighted by atomic mass is 10.0. The van der Waals surface area contributed by atoms with Gasteiger partial charge in [-0.25, -0.2) is 4.98 Å². The van der Waals surface area contributed by atoms with Crippen molar-refractivity contribution in [1.82, 2.24) is 25.9 Å². The van der Waals surface area contributed by atoms with Crippen molar-refractivity contribution in [2.45, 2.75) is 38.4 Å². The predicted molar refractivity (Wildman–Crippen MR) is 146 cm³/mol. The summed E-state index contributed by atoms with van der Waals surface area (Å²) in [5.41, 5.74) is 0.164. The lowest BCUT2D eigenvalue weighted by Crippen LogP contribution is -2.42. The number of alkyl halides is 3. The van der Waals surface area contributed by atoms with Gasteiger partial charge in [-0.1, -0.05) is 19.1 Å². The van der Waals surface area contributed by atoms with Gasteiger partial charge in [0.05, 0.1) is 18.4 Å². The summed E-state index contributed by atoms with van der Waals surface area (Å²) in [4.78, 5) is 33.1. The minimum atomic E-state index is -4.83. The molecule has 1 aliphatic heterocycles. The van der Waals surface area contributed by atoms with Crippen LogP contribution in [0.5, 0.6) is 17.4 Å².